The summed E-state index contributed by atoms with van der Waals surface area (Å²) in [5, 5.41) is 9.38. The number of nitrogens with zero attached hydrogens (tertiary/aromatic N) is 2. The second kappa shape index (κ2) is 3.72. The summed E-state index contributed by atoms with van der Waals surface area (Å²) in [6.07, 6.45) is 3.10. The fraction of sp³-hybridized carbons (Fsp3) is 0. The molecule has 0 saturated heterocycles. The molecule has 7 heteroatoms. The summed E-state index contributed by atoms with van der Waals surface area (Å²) in [7, 11) is 0. The molecule has 0 aliphatic rings. The molecule has 72 valence electrons. The van der Waals surface area contributed by atoms with E-state index in [4.69, 9.17) is 28.9 Å². The van der Waals surface area contributed by atoms with Crippen molar-refractivity contribution in [1.29, 1.82) is 0 Å². The average molecular weight is 226 g/mol. The number of aromatic amines is 2. The standard InChI is InChI=1S/C7H6N4OS2/c13-6-9-10-7(14)11(6)8-4-5-2-1-3-12-5/h1-4H,(H,9,13)(H,10,14)/b8-4-. The van der Waals surface area contributed by atoms with Gasteiger partial charge in [0.1, 0.15) is 5.76 Å². The Morgan fingerprint density at radius 2 is 2.07 bits per heavy atom. The monoisotopic (exact) mass is 226 g/mol. The molecule has 2 N–H and O–H groups in total. The molecular weight excluding hydrogens is 220 g/mol. The summed E-state index contributed by atoms with van der Waals surface area (Å²) < 4.78 is 7.29. The van der Waals surface area contributed by atoms with Crippen molar-refractivity contribution in [3.8, 4) is 0 Å². The van der Waals surface area contributed by atoms with Gasteiger partial charge in [-0.3, -0.25) is 10.2 Å². The van der Waals surface area contributed by atoms with Gasteiger partial charge in [-0.1, -0.05) is 0 Å². The zero-order chi connectivity index (χ0) is 9.97. The summed E-state index contributed by atoms with van der Waals surface area (Å²) in [5.74, 6) is 0.641. The minimum atomic E-state index is 0.415. The fourth-order valence-electron chi connectivity index (χ4n) is 0.889. The van der Waals surface area contributed by atoms with Crippen LogP contribution in [0.3, 0.4) is 0 Å². The van der Waals surface area contributed by atoms with Crippen LogP contribution >= 0.6 is 24.4 Å². The van der Waals surface area contributed by atoms with Crippen molar-refractivity contribution < 1.29 is 4.42 Å². The number of hydrogen-bond donors (Lipinski definition) is 2. The van der Waals surface area contributed by atoms with Gasteiger partial charge in [-0.2, -0.15) is 9.78 Å². The quantitative estimate of drug-likeness (QED) is 0.608. The highest BCUT2D eigenvalue weighted by atomic mass is 32.1. The van der Waals surface area contributed by atoms with Crippen molar-refractivity contribution >= 4 is 30.7 Å². The summed E-state index contributed by atoms with van der Waals surface area (Å²) in [5.41, 5.74) is 0. The van der Waals surface area contributed by atoms with Crippen molar-refractivity contribution in [3.63, 3.8) is 0 Å². The van der Waals surface area contributed by atoms with Gasteiger partial charge in [0.15, 0.2) is 0 Å². The molecule has 0 amide bonds. The molecule has 0 atom stereocenters. The lowest BCUT2D eigenvalue weighted by Gasteiger charge is -1.87. The highest BCUT2D eigenvalue weighted by Gasteiger charge is 1.93. The number of hydrogen-bond acceptors (Lipinski definition) is 4. The molecule has 0 saturated carbocycles. The van der Waals surface area contributed by atoms with Gasteiger partial charge in [0.25, 0.3) is 0 Å². The van der Waals surface area contributed by atoms with Gasteiger partial charge >= 0.3 is 0 Å². The predicted molar refractivity (Wildman–Crippen MR) is 56.5 cm³/mol. The average Bonchev–Trinajstić information content (AvgIpc) is 2.76. The van der Waals surface area contributed by atoms with E-state index in [9.17, 15) is 0 Å². The number of furan rings is 1. The van der Waals surface area contributed by atoms with E-state index in [0.29, 0.717) is 15.3 Å². The van der Waals surface area contributed by atoms with Crippen molar-refractivity contribution in [3.05, 3.63) is 33.7 Å². The zero-order valence-electron chi connectivity index (χ0n) is 6.93. The molecule has 0 spiro atoms. The van der Waals surface area contributed by atoms with Crippen molar-refractivity contribution in [2.24, 2.45) is 5.10 Å². The summed E-state index contributed by atoms with van der Waals surface area (Å²) >= 11 is 9.87. The molecule has 0 aromatic carbocycles. The molecule has 2 heterocycles. The Labute approximate surface area is 89.1 Å². The third-order valence-electron chi connectivity index (χ3n) is 1.50. The first kappa shape index (κ1) is 9.10. The summed E-state index contributed by atoms with van der Waals surface area (Å²) in [6.45, 7) is 0. The molecule has 2 rings (SSSR count). The lowest BCUT2D eigenvalue weighted by atomic mass is 10.5. The highest BCUT2D eigenvalue weighted by molar-refractivity contribution is 7.72. The highest BCUT2D eigenvalue weighted by Crippen LogP contribution is 1.97. The van der Waals surface area contributed by atoms with E-state index in [0.717, 1.165) is 0 Å². The predicted octanol–water partition coefficient (Wildman–Crippen LogP) is 2.08. The van der Waals surface area contributed by atoms with Gasteiger partial charge in [-0.25, -0.2) is 0 Å². The molecule has 2 aromatic rings. The van der Waals surface area contributed by atoms with E-state index in [2.05, 4.69) is 15.3 Å². The van der Waals surface area contributed by atoms with Crippen LogP contribution in [0.15, 0.2) is 27.9 Å². The molecule has 14 heavy (non-hydrogen) atoms. The molecular formula is C7H6N4OS2. The van der Waals surface area contributed by atoms with Crippen LogP contribution in [-0.2, 0) is 0 Å². The van der Waals surface area contributed by atoms with E-state index < -0.39 is 0 Å². The van der Waals surface area contributed by atoms with Crippen molar-refractivity contribution in [1.82, 2.24) is 14.9 Å². The Morgan fingerprint density at radius 3 is 2.64 bits per heavy atom. The molecule has 0 aliphatic heterocycles. The Morgan fingerprint density at radius 1 is 1.36 bits per heavy atom. The number of aromatic nitrogens is 3. The van der Waals surface area contributed by atoms with Crippen LogP contribution in [0.4, 0.5) is 0 Å². The van der Waals surface area contributed by atoms with Crippen LogP contribution in [0.5, 0.6) is 0 Å². The Hall–Kier alpha value is -1.47. The maximum Gasteiger partial charge on any atom is 0.215 e. The maximum atomic E-state index is 5.06. The van der Waals surface area contributed by atoms with Crippen molar-refractivity contribution in [2.45, 2.75) is 0 Å². The van der Waals surface area contributed by atoms with E-state index in [1.807, 2.05) is 0 Å². The molecule has 0 fully saturated rings. The molecule has 0 bridgehead atoms. The number of rotatable bonds is 2. The van der Waals surface area contributed by atoms with E-state index in [-0.39, 0.29) is 0 Å². The zero-order valence-corrected chi connectivity index (χ0v) is 8.56. The topological polar surface area (TPSA) is 62.0 Å². The summed E-state index contributed by atoms with van der Waals surface area (Å²) in [4.78, 5) is 0. The lowest BCUT2D eigenvalue weighted by molar-refractivity contribution is 0.559. The molecule has 2 aromatic heterocycles. The molecule has 5 nitrogen and oxygen atoms in total. The van der Waals surface area contributed by atoms with Crippen LogP contribution in [0.1, 0.15) is 5.76 Å². The van der Waals surface area contributed by atoms with Crippen LogP contribution in [0.2, 0.25) is 0 Å². The van der Waals surface area contributed by atoms with Crippen LogP contribution in [0, 0.1) is 9.54 Å². The number of H-pyrrole nitrogens is 2. The van der Waals surface area contributed by atoms with Crippen LogP contribution in [0.25, 0.3) is 0 Å². The van der Waals surface area contributed by atoms with Gasteiger partial charge in [0.05, 0.1) is 12.5 Å². The minimum Gasteiger partial charge on any atom is -0.463 e. The van der Waals surface area contributed by atoms with Gasteiger partial charge in [-0.15, -0.1) is 0 Å². The fourth-order valence-corrected chi connectivity index (χ4v) is 1.33. The second-order valence-corrected chi connectivity index (χ2v) is 3.21. The van der Waals surface area contributed by atoms with E-state index >= 15 is 0 Å². The van der Waals surface area contributed by atoms with Gasteiger partial charge in [0.2, 0.25) is 9.54 Å². The SMILES string of the molecule is S=c1[nH][nH]c(=S)n1/N=C\c1ccco1. The van der Waals surface area contributed by atoms with Crippen molar-refractivity contribution in [2.75, 3.05) is 0 Å². The molecule has 0 aliphatic carbocycles. The maximum absolute atomic E-state index is 5.06. The van der Waals surface area contributed by atoms with Gasteiger partial charge in [-0.05, 0) is 36.6 Å². The molecule has 0 unspecified atom stereocenters. The smallest absolute Gasteiger partial charge is 0.215 e. The van der Waals surface area contributed by atoms with Gasteiger partial charge in [0, 0.05) is 0 Å². The largest absolute Gasteiger partial charge is 0.463 e. The lowest BCUT2D eigenvalue weighted by Crippen LogP contribution is -1.89. The normalized spacial score (nSPS) is 11.1. The van der Waals surface area contributed by atoms with Gasteiger partial charge < -0.3 is 4.42 Å². The first-order chi connectivity index (χ1) is 6.77. The van der Waals surface area contributed by atoms with Crippen LogP contribution < -0.4 is 0 Å². The minimum absolute atomic E-state index is 0.415. The van der Waals surface area contributed by atoms with Crippen LogP contribution in [-0.4, -0.2) is 21.1 Å². The third-order valence-corrected chi connectivity index (χ3v) is 2.05. The third kappa shape index (κ3) is 1.73. The first-order valence-electron chi connectivity index (χ1n) is 3.75. The first-order valence-corrected chi connectivity index (χ1v) is 4.56. The molecule has 0 radical (unpaired) electrons. The van der Waals surface area contributed by atoms with E-state index in [1.165, 1.54) is 10.9 Å². The Balaban J connectivity index is 2.36. The van der Waals surface area contributed by atoms with E-state index in [1.54, 1.807) is 18.4 Å². The Bertz CT molecular complexity index is 517. The Kier molecular flexibility index (Phi) is 2.42. The second-order valence-electron chi connectivity index (χ2n) is 2.43. The number of nitrogens with one attached hydrogen (secondary N) is 2. The summed E-state index contributed by atoms with van der Waals surface area (Å²) in [6, 6.07) is 3.56.